The second-order valence-electron chi connectivity index (χ2n) is 5.38. The van der Waals surface area contributed by atoms with E-state index in [0.717, 1.165) is 11.3 Å². The molecule has 0 atom stereocenters. The van der Waals surface area contributed by atoms with Crippen LogP contribution < -0.4 is 5.73 Å². The third-order valence-corrected chi connectivity index (χ3v) is 3.67. The van der Waals surface area contributed by atoms with Gasteiger partial charge in [-0.05, 0) is 29.8 Å². The molecule has 0 aliphatic carbocycles. The predicted octanol–water partition coefficient (Wildman–Crippen LogP) is 2.06. The summed E-state index contributed by atoms with van der Waals surface area (Å²) in [4.78, 5) is 24.0. The predicted molar refractivity (Wildman–Crippen MR) is 90.4 cm³/mol. The zero-order valence-corrected chi connectivity index (χ0v) is 13.0. The summed E-state index contributed by atoms with van der Waals surface area (Å²) in [6.07, 6.45) is 0.682. The second-order valence-corrected chi connectivity index (χ2v) is 5.38. The first-order valence-electron chi connectivity index (χ1n) is 7.59. The lowest BCUT2D eigenvalue weighted by Gasteiger charge is -2.11. The lowest BCUT2D eigenvalue weighted by atomic mass is 10.1. The number of hydrazone groups is 1. The van der Waals surface area contributed by atoms with Gasteiger partial charge >= 0.3 is 5.97 Å². The van der Waals surface area contributed by atoms with Gasteiger partial charge in [0.05, 0.1) is 17.8 Å². The van der Waals surface area contributed by atoms with Gasteiger partial charge in [-0.25, -0.2) is 9.80 Å². The molecule has 0 fully saturated rings. The van der Waals surface area contributed by atoms with Crippen LogP contribution in [0.5, 0.6) is 0 Å². The fourth-order valence-corrected chi connectivity index (χ4v) is 2.37. The van der Waals surface area contributed by atoms with Crippen molar-refractivity contribution in [3.8, 4) is 0 Å². The maximum absolute atomic E-state index is 12.1. The molecule has 2 N–H and O–H groups in total. The highest BCUT2D eigenvalue weighted by molar-refractivity contribution is 6.02. The number of esters is 1. The zero-order valence-electron chi connectivity index (χ0n) is 13.0. The van der Waals surface area contributed by atoms with Crippen molar-refractivity contribution in [1.29, 1.82) is 0 Å². The third-order valence-electron chi connectivity index (χ3n) is 3.67. The van der Waals surface area contributed by atoms with Crippen molar-refractivity contribution in [1.82, 2.24) is 5.01 Å². The second kappa shape index (κ2) is 6.95. The summed E-state index contributed by atoms with van der Waals surface area (Å²) in [5.74, 6) is -0.903. The van der Waals surface area contributed by atoms with Crippen molar-refractivity contribution >= 4 is 23.3 Å². The summed E-state index contributed by atoms with van der Waals surface area (Å²) in [7, 11) is 0. The van der Waals surface area contributed by atoms with Crippen molar-refractivity contribution in [3.05, 3.63) is 65.7 Å². The highest BCUT2D eigenvalue weighted by Gasteiger charge is 2.22. The Bertz CT molecular complexity index is 770. The highest BCUT2D eigenvalue weighted by Crippen LogP contribution is 2.14. The SMILES string of the molecule is Nc1ccc(C(=O)OCC(=O)N2CCC(c3ccccc3)=N2)cc1. The Kier molecular flexibility index (Phi) is 4.56. The fourth-order valence-electron chi connectivity index (χ4n) is 2.37. The summed E-state index contributed by atoms with van der Waals surface area (Å²) < 4.78 is 5.04. The number of amides is 1. The summed E-state index contributed by atoms with van der Waals surface area (Å²) in [6.45, 7) is 0.150. The normalized spacial score (nSPS) is 13.5. The van der Waals surface area contributed by atoms with Gasteiger partial charge in [0, 0.05) is 12.1 Å². The molecule has 0 saturated carbocycles. The van der Waals surface area contributed by atoms with Crippen LogP contribution in [0.25, 0.3) is 0 Å². The van der Waals surface area contributed by atoms with E-state index in [1.807, 2.05) is 30.3 Å². The molecule has 0 unspecified atom stereocenters. The Morgan fingerprint density at radius 3 is 2.50 bits per heavy atom. The Hall–Kier alpha value is -3.15. The van der Waals surface area contributed by atoms with Crippen LogP contribution in [0.4, 0.5) is 5.69 Å². The van der Waals surface area contributed by atoms with E-state index in [1.165, 1.54) is 5.01 Å². The smallest absolute Gasteiger partial charge is 0.338 e. The summed E-state index contributed by atoms with van der Waals surface area (Å²) in [5, 5.41) is 5.66. The van der Waals surface area contributed by atoms with Gasteiger partial charge < -0.3 is 10.5 Å². The van der Waals surface area contributed by atoms with Crippen LogP contribution in [0.1, 0.15) is 22.3 Å². The minimum Gasteiger partial charge on any atom is -0.452 e. The van der Waals surface area contributed by atoms with Crippen LogP contribution in [0.15, 0.2) is 59.7 Å². The van der Waals surface area contributed by atoms with E-state index in [0.29, 0.717) is 24.2 Å². The number of carbonyl (C=O) groups is 2. The molecule has 0 saturated heterocycles. The van der Waals surface area contributed by atoms with Crippen molar-refractivity contribution < 1.29 is 14.3 Å². The topological polar surface area (TPSA) is 85.0 Å². The van der Waals surface area contributed by atoms with Crippen LogP contribution in [0.3, 0.4) is 0 Å². The van der Waals surface area contributed by atoms with Crippen LogP contribution in [-0.2, 0) is 9.53 Å². The van der Waals surface area contributed by atoms with Gasteiger partial charge in [-0.3, -0.25) is 4.79 Å². The molecule has 2 aromatic carbocycles. The van der Waals surface area contributed by atoms with Gasteiger partial charge in [0.2, 0.25) is 0 Å². The summed E-state index contributed by atoms with van der Waals surface area (Å²) in [5.41, 5.74) is 8.32. The quantitative estimate of drug-likeness (QED) is 0.689. The average Bonchev–Trinajstić information content (AvgIpc) is 3.11. The highest BCUT2D eigenvalue weighted by atomic mass is 16.5. The molecule has 0 bridgehead atoms. The molecular weight excluding hydrogens is 306 g/mol. The van der Waals surface area contributed by atoms with Gasteiger partial charge in [0.25, 0.3) is 5.91 Å². The number of hydrogen-bond acceptors (Lipinski definition) is 5. The van der Waals surface area contributed by atoms with E-state index >= 15 is 0 Å². The molecule has 1 aliphatic heterocycles. The van der Waals surface area contributed by atoms with Gasteiger partial charge in [-0.1, -0.05) is 30.3 Å². The Balaban J connectivity index is 1.57. The van der Waals surface area contributed by atoms with E-state index in [2.05, 4.69) is 5.10 Å². The number of ether oxygens (including phenoxy) is 1. The fraction of sp³-hybridized carbons (Fsp3) is 0.167. The third kappa shape index (κ3) is 3.60. The first-order chi connectivity index (χ1) is 11.6. The van der Waals surface area contributed by atoms with E-state index in [1.54, 1.807) is 24.3 Å². The maximum Gasteiger partial charge on any atom is 0.338 e. The lowest BCUT2D eigenvalue weighted by molar-refractivity contribution is -0.134. The van der Waals surface area contributed by atoms with E-state index in [9.17, 15) is 9.59 Å². The van der Waals surface area contributed by atoms with Crippen LogP contribution in [-0.4, -0.2) is 35.7 Å². The number of anilines is 1. The molecule has 24 heavy (non-hydrogen) atoms. The Morgan fingerprint density at radius 2 is 1.79 bits per heavy atom. The number of hydrogen-bond donors (Lipinski definition) is 1. The molecule has 6 nitrogen and oxygen atoms in total. The molecule has 0 spiro atoms. The molecule has 6 heteroatoms. The molecule has 122 valence electrons. The van der Waals surface area contributed by atoms with Crippen molar-refractivity contribution in [2.45, 2.75) is 6.42 Å². The number of carbonyl (C=O) groups excluding carboxylic acids is 2. The first-order valence-corrected chi connectivity index (χ1v) is 7.59. The molecule has 1 heterocycles. The molecule has 3 rings (SSSR count). The minimum atomic E-state index is -0.560. The molecule has 0 radical (unpaired) electrons. The largest absolute Gasteiger partial charge is 0.452 e. The molecule has 2 aromatic rings. The number of rotatable bonds is 4. The van der Waals surface area contributed by atoms with Crippen LogP contribution >= 0.6 is 0 Å². The number of benzene rings is 2. The van der Waals surface area contributed by atoms with Crippen molar-refractivity contribution in [2.75, 3.05) is 18.9 Å². The van der Waals surface area contributed by atoms with Gasteiger partial charge in [-0.2, -0.15) is 5.10 Å². The maximum atomic E-state index is 12.1. The van der Waals surface area contributed by atoms with E-state index in [4.69, 9.17) is 10.5 Å². The van der Waals surface area contributed by atoms with E-state index in [-0.39, 0.29) is 12.5 Å². The Morgan fingerprint density at radius 1 is 1.08 bits per heavy atom. The standard InChI is InChI=1S/C18H17N3O3/c19-15-8-6-14(7-9-15)18(23)24-12-17(22)21-11-10-16(20-21)13-4-2-1-3-5-13/h1-9H,10-12,19H2. The van der Waals surface area contributed by atoms with Crippen LogP contribution in [0, 0.1) is 0 Å². The van der Waals surface area contributed by atoms with Gasteiger partial charge in [-0.15, -0.1) is 0 Å². The molecular formula is C18H17N3O3. The number of nitrogens with two attached hydrogens (primary N) is 1. The minimum absolute atomic E-state index is 0.339. The van der Waals surface area contributed by atoms with E-state index < -0.39 is 5.97 Å². The number of nitrogens with zero attached hydrogens (tertiary/aromatic N) is 2. The summed E-state index contributed by atoms with van der Waals surface area (Å²) >= 11 is 0. The molecule has 1 aliphatic rings. The Labute approximate surface area is 139 Å². The molecule has 0 aromatic heterocycles. The number of nitrogen functional groups attached to an aromatic ring is 1. The average molecular weight is 323 g/mol. The van der Waals surface area contributed by atoms with Crippen molar-refractivity contribution in [2.24, 2.45) is 5.10 Å². The zero-order chi connectivity index (χ0) is 16.9. The summed E-state index contributed by atoms with van der Waals surface area (Å²) in [6, 6.07) is 16.0. The van der Waals surface area contributed by atoms with Crippen LogP contribution in [0.2, 0.25) is 0 Å². The molecule has 1 amide bonds. The monoisotopic (exact) mass is 323 g/mol. The van der Waals surface area contributed by atoms with Gasteiger partial charge in [0.1, 0.15) is 0 Å². The van der Waals surface area contributed by atoms with Gasteiger partial charge in [0.15, 0.2) is 6.61 Å². The first kappa shape index (κ1) is 15.7. The van der Waals surface area contributed by atoms with Crippen molar-refractivity contribution in [3.63, 3.8) is 0 Å². The lowest BCUT2D eigenvalue weighted by Crippen LogP contribution is -2.28.